The maximum Gasteiger partial charge on any atom is 0.232 e. The van der Waals surface area contributed by atoms with Gasteiger partial charge < -0.3 is 25.2 Å². The van der Waals surface area contributed by atoms with Crippen molar-refractivity contribution in [3.8, 4) is 40.3 Å². The molecule has 2 aliphatic rings. The minimum Gasteiger partial charge on any atom is -0.494 e. The summed E-state index contributed by atoms with van der Waals surface area (Å²) in [5.74, 6) is 7.06. The molecule has 5 N–H and O–H groups in total. The van der Waals surface area contributed by atoms with E-state index in [9.17, 15) is 20.0 Å². The number of fused-ring (bicyclic) bond motifs is 2. The molecule has 15 nitrogen and oxygen atoms in total. The SMILES string of the molecule is CCCCCCN1C(=O)Cc2c(C#N)nc(-c3ccc(OCC)cc3)nc21.CCCCCCN1C(=O)Cc2c(C(=N)CO)nc(-c3ccc(OCC)cc3)nc21.NO. The number of nitrogens with zero attached hydrogens (tertiary/aromatic N) is 7. The Kier molecular flexibility index (Phi) is 17.6. The molecule has 2 amide bonds. The minimum absolute atomic E-state index is 0.00327. The summed E-state index contributed by atoms with van der Waals surface area (Å²) in [6.07, 6.45) is 8.93. The van der Waals surface area contributed by atoms with Crippen molar-refractivity contribution in [1.29, 1.82) is 10.7 Å². The summed E-state index contributed by atoms with van der Waals surface area (Å²) in [7, 11) is 0. The number of nitriles is 1. The Morgan fingerprint density at radius 2 is 1.16 bits per heavy atom. The van der Waals surface area contributed by atoms with Crippen LogP contribution >= 0.6 is 0 Å². The monoisotopic (exact) mass is 793 g/mol. The zero-order valence-corrected chi connectivity index (χ0v) is 34.0. The van der Waals surface area contributed by atoms with Crippen LogP contribution in [-0.4, -0.2) is 80.7 Å². The number of aliphatic hydroxyl groups excluding tert-OH is 1. The third kappa shape index (κ3) is 11.2. The number of carbonyl (C=O) groups excluding carboxylic acids is 2. The molecule has 58 heavy (non-hydrogen) atoms. The first-order valence-corrected chi connectivity index (χ1v) is 20.0. The lowest BCUT2D eigenvalue weighted by atomic mass is 10.1. The lowest BCUT2D eigenvalue weighted by Gasteiger charge is -2.18. The van der Waals surface area contributed by atoms with Gasteiger partial charge in [0.1, 0.15) is 34.9 Å². The summed E-state index contributed by atoms with van der Waals surface area (Å²) in [6, 6.07) is 17.0. The molecule has 2 aliphatic heterocycles. The van der Waals surface area contributed by atoms with E-state index in [1.54, 1.807) is 9.80 Å². The predicted octanol–water partition coefficient (Wildman–Crippen LogP) is 6.59. The Morgan fingerprint density at radius 1 is 0.707 bits per heavy atom. The molecule has 2 aromatic heterocycles. The molecule has 15 heteroatoms. The fraction of sp³-hybridized carbons (Fsp3) is 0.442. The van der Waals surface area contributed by atoms with E-state index < -0.39 is 6.61 Å². The highest BCUT2D eigenvalue weighted by Gasteiger charge is 2.34. The van der Waals surface area contributed by atoms with E-state index >= 15 is 0 Å². The van der Waals surface area contributed by atoms with Gasteiger partial charge in [-0.2, -0.15) is 5.26 Å². The molecule has 0 radical (unpaired) electrons. The lowest BCUT2D eigenvalue weighted by molar-refractivity contribution is -0.118. The molecule has 0 spiro atoms. The molecule has 4 aromatic rings. The summed E-state index contributed by atoms with van der Waals surface area (Å²) in [6.45, 7) is 10.2. The number of hydrogen-bond acceptors (Lipinski definition) is 13. The van der Waals surface area contributed by atoms with Crippen LogP contribution in [0, 0.1) is 16.7 Å². The van der Waals surface area contributed by atoms with Crippen LogP contribution in [0.1, 0.15) is 102 Å². The highest BCUT2D eigenvalue weighted by atomic mass is 16.5. The molecule has 0 bridgehead atoms. The molecule has 0 fully saturated rings. The van der Waals surface area contributed by atoms with Gasteiger partial charge in [-0.15, -0.1) is 0 Å². The zero-order valence-electron chi connectivity index (χ0n) is 34.0. The van der Waals surface area contributed by atoms with E-state index in [1.807, 2.05) is 62.4 Å². The first kappa shape index (κ1) is 44.9. The van der Waals surface area contributed by atoms with Crippen molar-refractivity contribution in [2.45, 2.75) is 91.9 Å². The van der Waals surface area contributed by atoms with Crippen molar-refractivity contribution in [3.05, 3.63) is 71.0 Å². The third-order valence-electron chi connectivity index (χ3n) is 9.61. The summed E-state index contributed by atoms with van der Waals surface area (Å²) in [5, 5.41) is 33.7. The molecular weight excluding hydrogens is 739 g/mol. The fourth-order valence-corrected chi connectivity index (χ4v) is 6.71. The number of benzene rings is 2. The molecule has 0 saturated carbocycles. The molecule has 308 valence electrons. The van der Waals surface area contributed by atoms with Crippen molar-refractivity contribution < 1.29 is 29.4 Å². The number of nitrogens with one attached hydrogen (secondary N) is 1. The topological polar surface area (TPSA) is 225 Å². The Balaban J connectivity index is 0.000000247. The number of carbonyl (C=O) groups is 2. The van der Waals surface area contributed by atoms with Crippen LogP contribution in [0.3, 0.4) is 0 Å². The molecule has 6 rings (SSSR count). The van der Waals surface area contributed by atoms with Crippen LogP contribution in [0.5, 0.6) is 11.5 Å². The minimum atomic E-state index is -0.434. The van der Waals surface area contributed by atoms with E-state index in [4.69, 9.17) is 20.1 Å². The van der Waals surface area contributed by atoms with Crippen molar-refractivity contribution in [3.63, 3.8) is 0 Å². The van der Waals surface area contributed by atoms with E-state index in [2.05, 4.69) is 45.7 Å². The van der Waals surface area contributed by atoms with Gasteiger partial charge in [0.15, 0.2) is 11.6 Å². The van der Waals surface area contributed by atoms with Gasteiger partial charge in [-0.1, -0.05) is 52.4 Å². The predicted molar refractivity (Wildman–Crippen MR) is 222 cm³/mol. The van der Waals surface area contributed by atoms with Gasteiger partial charge in [-0.05, 0) is 75.2 Å². The summed E-state index contributed by atoms with van der Waals surface area (Å²) < 4.78 is 10.9. The normalized spacial score (nSPS) is 12.5. The van der Waals surface area contributed by atoms with Gasteiger partial charge in [0.2, 0.25) is 11.8 Å². The smallest absolute Gasteiger partial charge is 0.232 e. The number of unbranched alkanes of at least 4 members (excludes halogenated alkanes) is 6. The Bertz CT molecular complexity index is 2030. The average molecular weight is 794 g/mol. The molecule has 0 unspecified atom stereocenters. The van der Waals surface area contributed by atoms with Gasteiger partial charge in [0, 0.05) is 35.3 Å². The number of rotatable bonds is 18. The number of aromatic nitrogens is 4. The molecule has 0 aliphatic carbocycles. The van der Waals surface area contributed by atoms with Gasteiger partial charge in [-0.3, -0.25) is 19.4 Å². The maximum atomic E-state index is 12.6. The van der Waals surface area contributed by atoms with Crippen molar-refractivity contribution in [2.75, 3.05) is 42.7 Å². The quantitative estimate of drug-likeness (QED) is 0.0476. The van der Waals surface area contributed by atoms with Crippen LogP contribution < -0.4 is 25.2 Å². The first-order chi connectivity index (χ1) is 28.3. The third-order valence-corrected chi connectivity index (χ3v) is 9.61. The summed E-state index contributed by atoms with van der Waals surface area (Å²) in [4.78, 5) is 46.8. The van der Waals surface area contributed by atoms with Crippen LogP contribution in [0.15, 0.2) is 48.5 Å². The Morgan fingerprint density at radius 3 is 1.59 bits per heavy atom. The highest BCUT2D eigenvalue weighted by Crippen LogP contribution is 2.34. The number of anilines is 2. The number of amides is 2. The van der Waals surface area contributed by atoms with Crippen LogP contribution in [0.4, 0.5) is 11.6 Å². The first-order valence-electron chi connectivity index (χ1n) is 20.0. The largest absolute Gasteiger partial charge is 0.494 e. The Labute approximate surface area is 340 Å². The second kappa shape index (κ2) is 22.8. The zero-order chi connectivity index (χ0) is 42.0. The lowest BCUT2D eigenvalue weighted by Crippen LogP contribution is -2.28. The molecule has 0 saturated heterocycles. The standard InChI is InChI=1S/C22H28N4O3.C21H24N4O2.H3NO/c1-3-5-6-7-12-26-19(28)13-17-20(18(23)14-27)24-21(25-22(17)26)15-8-10-16(11-9-15)29-4-2;1-3-5-6-7-12-25-19(26)13-17-18(14-22)23-20(24-21(17)25)15-8-10-16(11-9-15)27-4-2;1-2/h8-11,23,27H,3-7,12-14H2,1-2H3;8-11H,3-7,12-13H2,1-2H3;2H,1H2. The van der Waals surface area contributed by atoms with Gasteiger partial charge in [-0.25, -0.2) is 25.8 Å². The average Bonchev–Trinajstić information content (AvgIpc) is 3.75. The van der Waals surface area contributed by atoms with Crippen molar-refractivity contribution in [2.24, 2.45) is 5.90 Å². The molecule has 0 atom stereocenters. The second-order valence-corrected chi connectivity index (χ2v) is 13.6. The maximum absolute atomic E-state index is 12.6. The van der Waals surface area contributed by atoms with E-state index in [-0.39, 0.29) is 36.1 Å². The van der Waals surface area contributed by atoms with Crippen LogP contribution in [0.2, 0.25) is 0 Å². The van der Waals surface area contributed by atoms with Gasteiger partial charge in [0.25, 0.3) is 0 Å². The van der Waals surface area contributed by atoms with Crippen molar-refractivity contribution in [1.82, 2.24) is 19.9 Å². The van der Waals surface area contributed by atoms with E-state index in [0.717, 1.165) is 74.0 Å². The number of ether oxygens (including phenoxy) is 2. The van der Waals surface area contributed by atoms with Crippen molar-refractivity contribution >= 4 is 29.2 Å². The summed E-state index contributed by atoms with van der Waals surface area (Å²) in [5.41, 5.74) is 3.49. The highest BCUT2D eigenvalue weighted by molar-refractivity contribution is 6.07. The van der Waals surface area contributed by atoms with E-state index in [0.29, 0.717) is 66.4 Å². The number of hydrogen-bond donors (Lipinski definition) is 4. The number of nitrogens with two attached hydrogens (primary N) is 1. The fourth-order valence-electron chi connectivity index (χ4n) is 6.71. The van der Waals surface area contributed by atoms with Gasteiger partial charge in [0.05, 0.1) is 44.1 Å². The number of aliphatic hydroxyl groups is 1. The molecule has 4 heterocycles. The molecule has 2 aromatic carbocycles. The van der Waals surface area contributed by atoms with Crippen LogP contribution in [0.25, 0.3) is 22.8 Å². The Hall–Kier alpha value is -5.82. The second-order valence-electron chi connectivity index (χ2n) is 13.6. The summed E-state index contributed by atoms with van der Waals surface area (Å²) >= 11 is 0. The molecular formula is C43H55N9O6. The van der Waals surface area contributed by atoms with Crippen LogP contribution in [-0.2, 0) is 22.4 Å². The van der Waals surface area contributed by atoms with Gasteiger partial charge >= 0.3 is 0 Å². The van der Waals surface area contributed by atoms with E-state index in [1.165, 1.54) is 0 Å².